The third kappa shape index (κ3) is 4.40. The van der Waals surface area contributed by atoms with Gasteiger partial charge in [0.25, 0.3) is 0 Å². The van der Waals surface area contributed by atoms with Crippen molar-refractivity contribution in [3.63, 3.8) is 0 Å². The number of nitrogens with one attached hydrogen (secondary N) is 1. The van der Waals surface area contributed by atoms with Gasteiger partial charge in [-0.25, -0.2) is 9.78 Å². The molecule has 2 aromatic rings. The number of carbonyl (C=O) groups excluding carboxylic acids is 2. The summed E-state index contributed by atoms with van der Waals surface area (Å²) in [6.07, 6.45) is 2.76. The van der Waals surface area contributed by atoms with Gasteiger partial charge in [-0.2, -0.15) is 0 Å². The zero-order valence-corrected chi connectivity index (χ0v) is 15.6. The van der Waals surface area contributed by atoms with E-state index in [1.54, 1.807) is 11.3 Å². The van der Waals surface area contributed by atoms with Crippen molar-refractivity contribution < 1.29 is 14.3 Å². The monoisotopic (exact) mass is 373 g/mol. The highest BCUT2D eigenvalue weighted by Crippen LogP contribution is 2.22. The lowest BCUT2D eigenvalue weighted by atomic mass is 10.0. The molecule has 138 valence electrons. The summed E-state index contributed by atoms with van der Waals surface area (Å²) in [6.45, 7) is 1.07. The first-order valence-electron chi connectivity index (χ1n) is 8.81. The predicted molar refractivity (Wildman–Crippen MR) is 101 cm³/mol. The largest absolute Gasteiger partial charge is 0.453 e. The summed E-state index contributed by atoms with van der Waals surface area (Å²) in [4.78, 5) is 30.5. The molecule has 1 aliphatic heterocycles. The first kappa shape index (κ1) is 18.4. The van der Waals surface area contributed by atoms with E-state index in [9.17, 15) is 9.59 Å². The number of rotatable bonds is 5. The van der Waals surface area contributed by atoms with Gasteiger partial charge in [0.15, 0.2) is 0 Å². The number of nitrogens with zero attached hydrogens (tertiary/aromatic N) is 2. The predicted octanol–water partition coefficient (Wildman–Crippen LogP) is 3.09. The van der Waals surface area contributed by atoms with Crippen LogP contribution in [0.3, 0.4) is 0 Å². The van der Waals surface area contributed by atoms with Crippen molar-refractivity contribution in [2.75, 3.05) is 20.2 Å². The van der Waals surface area contributed by atoms with Crippen LogP contribution in [0.1, 0.15) is 24.3 Å². The molecule has 2 heterocycles. The lowest BCUT2D eigenvalue weighted by molar-refractivity contribution is -0.126. The highest BCUT2D eigenvalue weighted by atomic mass is 32.1. The van der Waals surface area contributed by atoms with Crippen molar-refractivity contribution in [1.29, 1.82) is 0 Å². The lowest BCUT2D eigenvalue weighted by Crippen LogP contribution is -2.52. The summed E-state index contributed by atoms with van der Waals surface area (Å²) < 4.78 is 4.79. The molecule has 6 nitrogen and oxygen atoms in total. The van der Waals surface area contributed by atoms with Gasteiger partial charge in [0.2, 0.25) is 5.91 Å². The van der Waals surface area contributed by atoms with Crippen LogP contribution in [0.2, 0.25) is 0 Å². The highest BCUT2D eigenvalue weighted by molar-refractivity contribution is 7.09. The number of thiazole rings is 1. The fraction of sp³-hybridized carbons (Fsp3) is 0.421. The molecule has 0 saturated carbocycles. The number of carbonyl (C=O) groups is 2. The van der Waals surface area contributed by atoms with Crippen molar-refractivity contribution in [3.8, 4) is 11.3 Å². The topological polar surface area (TPSA) is 71.5 Å². The fourth-order valence-corrected chi connectivity index (χ4v) is 3.93. The Bertz CT molecular complexity index is 747. The summed E-state index contributed by atoms with van der Waals surface area (Å²) in [7, 11) is 1.35. The normalized spacial score (nSPS) is 17.0. The van der Waals surface area contributed by atoms with Gasteiger partial charge in [-0.1, -0.05) is 30.3 Å². The van der Waals surface area contributed by atoms with E-state index < -0.39 is 12.1 Å². The maximum atomic E-state index is 12.5. The van der Waals surface area contributed by atoms with E-state index in [1.165, 1.54) is 12.0 Å². The van der Waals surface area contributed by atoms with Crippen LogP contribution in [0.4, 0.5) is 4.79 Å². The molecule has 1 fully saturated rings. The summed E-state index contributed by atoms with van der Waals surface area (Å²) in [6, 6.07) is 9.59. The maximum absolute atomic E-state index is 12.5. The minimum Gasteiger partial charge on any atom is -0.453 e. The quantitative estimate of drug-likeness (QED) is 0.874. The second-order valence-electron chi connectivity index (χ2n) is 6.21. The number of aromatic nitrogens is 1. The van der Waals surface area contributed by atoms with Crippen LogP contribution in [0.15, 0.2) is 35.7 Å². The first-order valence-corrected chi connectivity index (χ1v) is 9.69. The van der Waals surface area contributed by atoms with Gasteiger partial charge in [-0.05, 0) is 19.3 Å². The first-order chi connectivity index (χ1) is 12.7. The van der Waals surface area contributed by atoms with Crippen LogP contribution in [0.5, 0.6) is 0 Å². The average Bonchev–Trinajstić information content (AvgIpc) is 3.17. The molecule has 1 aromatic heterocycles. The molecule has 1 aliphatic rings. The highest BCUT2D eigenvalue weighted by Gasteiger charge is 2.32. The van der Waals surface area contributed by atoms with Crippen LogP contribution in [0, 0.1) is 0 Å². The van der Waals surface area contributed by atoms with E-state index in [0.717, 1.165) is 29.1 Å². The molecule has 1 saturated heterocycles. The van der Waals surface area contributed by atoms with Crippen molar-refractivity contribution in [1.82, 2.24) is 15.2 Å². The molecule has 7 heteroatoms. The molecule has 0 spiro atoms. The van der Waals surface area contributed by atoms with Gasteiger partial charge >= 0.3 is 6.09 Å². The van der Waals surface area contributed by atoms with E-state index in [2.05, 4.69) is 10.3 Å². The number of hydrogen-bond acceptors (Lipinski definition) is 5. The summed E-state index contributed by atoms with van der Waals surface area (Å²) >= 11 is 1.59. The molecule has 1 unspecified atom stereocenters. The van der Waals surface area contributed by atoms with Crippen LogP contribution >= 0.6 is 11.3 Å². The van der Waals surface area contributed by atoms with Crippen molar-refractivity contribution in [2.45, 2.75) is 31.7 Å². The molecule has 0 aliphatic carbocycles. The van der Waals surface area contributed by atoms with Crippen molar-refractivity contribution in [3.05, 3.63) is 40.7 Å². The van der Waals surface area contributed by atoms with Crippen LogP contribution in [0.25, 0.3) is 11.3 Å². The Balaban J connectivity index is 1.52. The molecule has 1 N–H and O–H groups in total. The number of benzene rings is 1. The summed E-state index contributed by atoms with van der Waals surface area (Å²) in [5.41, 5.74) is 2.05. The van der Waals surface area contributed by atoms with Gasteiger partial charge in [-0.15, -0.1) is 11.3 Å². The molecule has 3 rings (SSSR count). The Labute approximate surface area is 157 Å². The molecule has 1 atom stereocenters. The van der Waals surface area contributed by atoms with E-state index in [1.807, 2.05) is 35.7 Å². The molecular formula is C19H23N3O3S. The Morgan fingerprint density at radius 3 is 2.88 bits per heavy atom. The van der Waals surface area contributed by atoms with Crippen molar-refractivity contribution >= 4 is 23.3 Å². The minimum atomic E-state index is -0.438. The zero-order chi connectivity index (χ0) is 18.4. The number of methoxy groups -OCH3 is 1. The second kappa shape index (κ2) is 8.80. The molecule has 1 aromatic carbocycles. The Kier molecular flexibility index (Phi) is 6.22. The van der Waals surface area contributed by atoms with Gasteiger partial charge < -0.3 is 10.1 Å². The summed E-state index contributed by atoms with van der Waals surface area (Å²) in [5.74, 6) is -0.116. The fourth-order valence-electron chi connectivity index (χ4n) is 3.12. The second-order valence-corrected chi connectivity index (χ2v) is 7.15. The maximum Gasteiger partial charge on any atom is 0.410 e. The molecule has 2 amide bonds. The lowest BCUT2D eigenvalue weighted by Gasteiger charge is -2.33. The van der Waals surface area contributed by atoms with Crippen LogP contribution < -0.4 is 5.32 Å². The molecule has 0 bridgehead atoms. The van der Waals surface area contributed by atoms with E-state index in [0.29, 0.717) is 25.9 Å². The third-order valence-corrected chi connectivity index (χ3v) is 5.38. The number of piperidine rings is 1. The van der Waals surface area contributed by atoms with Gasteiger partial charge in [0.05, 0.1) is 17.8 Å². The standard InChI is InChI=1S/C19H23N3O3S/c1-25-19(24)22-12-6-5-9-16(22)18(23)20-11-10-17-21-15(13-26-17)14-7-3-2-4-8-14/h2-4,7-8,13,16H,5-6,9-12H2,1H3,(H,20,23). The smallest absolute Gasteiger partial charge is 0.410 e. The minimum absolute atomic E-state index is 0.116. The van der Waals surface area contributed by atoms with E-state index in [-0.39, 0.29) is 5.91 Å². The third-order valence-electron chi connectivity index (χ3n) is 4.47. The van der Waals surface area contributed by atoms with Crippen molar-refractivity contribution in [2.24, 2.45) is 0 Å². The van der Waals surface area contributed by atoms with E-state index in [4.69, 9.17) is 4.74 Å². The van der Waals surface area contributed by atoms with E-state index >= 15 is 0 Å². The SMILES string of the molecule is COC(=O)N1CCCCC1C(=O)NCCc1nc(-c2ccccc2)cs1. The molecule has 0 radical (unpaired) electrons. The number of likely N-dealkylation sites (tertiary alicyclic amines) is 1. The molecular weight excluding hydrogens is 350 g/mol. The number of amides is 2. The van der Waals surface area contributed by atoms with Gasteiger partial charge in [-0.3, -0.25) is 9.69 Å². The van der Waals surface area contributed by atoms with Crippen LogP contribution in [-0.4, -0.2) is 48.1 Å². The zero-order valence-electron chi connectivity index (χ0n) is 14.8. The van der Waals surface area contributed by atoms with Gasteiger partial charge in [0, 0.05) is 30.5 Å². The Hall–Kier alpha value is -2.41. The number of ether oxygens (including phenoxy) is 1. The Morgan fingerprint density at radius 2 is 2.12 bits per heavy atom. The molecule has 26 heavy (non-hydrogen) atoms. The van der Waals surface area contributed by atoms with Gasteiger partial charge in [0.1, 0.15) is 6.04 Å². The Morgan fingerprint density at radius 1 is 1.31 bits per heavy atom. The summed E-state index contributed by atoms with van der Waals surface area (Å²) in [5, 5.41) is 5.96. The number of hydrogen-bond donors (Lipinski definition) is 1. The average molecular weight is 373 g/mol. The van der Waals surface area contributed by atoms with Crippen LogP contribution in [-0.2, 0) is 16.0 Å².